The number of halogens is 3. The quantitative estimate of drug-likeness (QED) is 0.709. The first-order valence-corrected chi connectivity index (χ1v) is 5.82. The highest BCUT2D eigenvalue weighted by Crippen LogP contribution is 2.24. The van der Waals surface area contributed by atoms with Gasteiger partial charge in [-0.15, -0.1) is 0 Å². The Morgan fingerprint density at radius 3 is 2.40 bits per heavy atom. The van der Waals surface area contributed by atoms with E-state index in [1.54, 1.807) is 6.07 Å². The second-order valence-corrected chi connectivity index (χ2v) is 4.35. The van der Waals surface area contributed by atoms with Gasteiger partial charge >= 0.3 is 0 Å². The molecule has 3 aromatic rings. The fourth-order valence-corrected chi connectivity index (χ4v) is 2.16. The molecule has 5 heteroatoms. The van der Waals surface area contributed by atoms with Gasteiger partial charge < -0.3 is 4.98 Å². The zero-order valence-corrected chi connectivity index (χ0v) is 10.1. The Balaban J connectivity index is 2.18. The molecular weight excluding hydrogens is 267 g/mol. The van der Waals surface area contributed by atoms with E-state index in [0.717, 1.165) is 12.1 Å². The van der Waals surface area contributed by atoms with Crippen LogP contribution in [0.1, 0.15) is 15.9 Å². The van der Waals surface area contributed by atoms with Crippen molar-refractivity contribution >= 4 is 16.7 Å². The average molecular weight is 275 g/mol. The summed E-state index contributed by atoms with van der Waals surface area (Å²) in [7, 11) is 0. The van der Waals surface area contributed by atoms with Gasteiger partial charge in [-0.05, 0) is 24.3 Å². The molecule has 100 valence electrons. The third-order valence-corrected chi connectivity index (χ3v) is 3.02. The number of aromatic nitrogens is 1. The van der Waals surface area contributed by atoms with E-state index in [4.69, 9.17) is 0 Å². The molecule has 20 heavy (non-hydrogen) atoms. The SMILES string of the molecule is O=C(c1cc(F)cc(F)c1)c1c[nH]c2cccc(F)c12. The van der Waals surface area contributed by atoms with E-state index in [1.165, 1.54) is 18.3 Å². The van der Waals surface area contributed by atoms with Crippen LogP contribution < -0.4 is 0 Å². The van der Waals surface area contributed by atoms with Crippen molar-refractivity contribution in [2.75, 3.05) is 0 Å². The molecule has 0 saturated carbocycles. The van der Waals surface area contributed by atoms with E-state index in [1.807, 2.05) is 0 Å². The van der Waals surface area contributed by atoms with Gasteiger partial charge in [0.25, 0.3) is 0 Å². The molecule has 0 radical (unpaired) electrons. The summed E-state index contributed by atoms with van der Waals surface area (Å²) in [6.07, 6.45) is 1.33. The summed E-state index contributed by atoms with van der Waals surface area (Å²) in [4.78, 5) is 15.0. The van der Waals surface area contributed by atoms with Crippen LogP contribution in [0.2, 0.25) is 0 Å². The van der Waals surface area contributed by atoms with E-state index in [9.17, 15) is 18.0 Å². The Morgan fingerprint density at radius 2 is 1.70 bits per heavy atom. The van der Waals surface area contributed by atoms with Crippen molar-refractivity contribution in [2.45, 2.75) is 0 Å². The van der Waals surface area contributed by atoms with Crippen molar-refractivity contribution in [2.24, 2.45) is 0 Å². The number of fused-ring (bicyclic) bond motifs is 1. The van der Waals surface area contributed by atoms with Crippen molar-refractivity contribution in [3.05, 3.63) is 71.2 Å². The van der Waals surface area contributed by atoms with E-state index in [0.29, 0.717) is 11.6 Å². The normalized spacial score (nSPS) is 10.9. The van der Waals surface area contributed by atoms with Gasteiger partial charge in [0, 0.05) is 28.7 Å². The molecule has 0 aliphatic heterocycles. The molecule has 3 rings (SSSR count). The fourth-order valence-electron chi connectivity index (χ4n) is 2.16. The van der Waals surface area contributed by atoms with Gasteiger partial charge in [-0.25, -0.2) is 13.2 Å². The third kappa shape index (κ3) is 1.97. The van der Waals surface area contributed by atoms with Crippen molar-refractivity contribution in [3.63, 3.8) is 0 Å². The minimum atomic E-state index is -0.853. The Morgan fingerprint density at radius 1 is 1.00 bits per heavy atom. The molecule has 0 atom stereocenters. The van der Waals surface area contributed by atoms with E-state index in [2.05, 4.69) is 4.98 Å². The summed E-state index contributed by atoms with van der Waals surface area (Å²) in [6.45, 7) is 0. The highest BCUT2D eigenvalue weighted by atomic mass is 19.1. The van der Waals surface area contributed by atoms with Crippen molar-refractivity contribution in [1.29, 1.82) is 0 Å². The summed E-state index contributed by atoms with van der Waals surface area (Å²) in [5.41, 5.74) is 0.333. The second-order valence-electron chi connectivity index (χ2n) is 4.35. The van der Waals surface area contributed by atoms with Gasteiger partial charge in [0.15, 0.2) is 5.78 Å². The second kappa shape index (κ2) is 4.52. The summed E-state index contributed by atoms with van der Waals surface area (Å²) in [5, 5.41) is 0.113. The lowest BCUT2D eigenvalue weighted by Crippen LogP contribution is -2.02. The molecule has 1 heterocycles. The summed E-state index contributed by atoms with van der Waals surface area (Å²) >= 11 is 0. The standard InChI is InChI=1S/C15H8F3NO/c16-9-4-8(5-10(17)6-9)15(20)11-7-19-13-3-1-2-12(18)14(11)13/h1-7,19H. The van der Waals surface area contributed by atoms with Crippen LogP contribution in [-0.4, -0.2) is 10.8 Å². The zero-order valence-electron chi connectivity index (χ0n) is 10.1. The Bertz CT molecular complexity index is 803. The number of carbonyl (C=O) groups excluding carboxylic acids is 1. The lowest BCUT2D eigenvalue weighted by molar-refractivity contribution is 0.103. The van der Waals surface area contributed by atoms with Crippen LogP contribution in [0.15, 0.2) is 42.6 Å². The number of aromatic amines is 1. The zero-order chi connectivity index (χ0) is 14.3. The van der Waals surface area contributed by atoms with E-state index in [-0.39, 0.29) is 16.5 Å². The van der Waals surface area contributed by atoms with E-state index < -0.39 is 23.2 Å². The molecule has 1 N–H and O–H groups in total. The molecule has 1 aromatic heterocycles. The number of H-pyrrole nitrogens is 1. The smallest absolute Gasteiger partial charge is 0.195 e. The van der Waals surface area contributed by atoms with Gasteiger partial charge in [-0.3, -0.25) is 4.79 Å². The number of benzene rings is 2. The van der Waals surface area contributed by atoms with Gasteiger partial charge in [-0.2, -0.15) is 0 Å². The maximum absolute atomic E-state index is 13.8. The molecule has 2 aromatic carbocycles. The molecule has 0 bridgehead atoms. The minimum absolute atomic E-state index is 0.0445. The predicted octanol–water partition coefficient (Wildman–Crippen LogP) is 3.82. The largest absolute Gasteiger partial charge is 0.360 e. The number of hydrogen-bond acceptors (Lipinski definition) is 1. The number of hydrogen-bond donors (Lipinski definition) is 1. The van der Waals surface area contributed by atoms with Crippen molar-refractivity contribution in [1.82, 2.24) is 4.98 Å². The van der Waals surface area contributed by atoms with Gasteiger partial charge in [0.05, 0.1) is 5.56 Å². The van der Waals surface area contributed by atoms with Crippen LogP contribution in [0.4, 0.5) is 13.2 Å². The molecule has 0 spiro atoms. The van der Waals surface area contributed by atoms with Crippen LogP contribution in [0, 0.1) is 17.5 Å². The summed E-state index contributed by atoms with van der Waals surface area (Å²) < 4.78 is 40.1. The molecule has 0 saturated heterocycles. The number of carbonyl (C=O) groups is 1. The van der Waals surface area contributed by atoms with Gasteiger partial charge in [-0.1, -0.05) is 6.07 Å². The number of nitrogens with one attached hydrogen (secondary N) is 1. The molecular formula is C15H8F3NO. The van der Waals surface area contributed by atoms with Crippen LogP contribution in [0.3, 0.4) is 0 Å². The number of ketones is 1. The first-order valence-electron chi connectivity index (χ1n) is 5.82. The van der Waals surface area contributed by atoms with Crippen molar-refractivity contribution in [3.8, 4) is 0 Å². The minimum Gasteiger partial charge on any atom is -0.360 e. The molecule has 2 nitrogen and oxygen atoms in total. The topological polar surface area (TPSA) is 32.9 Å². The lowest BCUT2D eigenvalue weighted by Gasteiger charge is -2.01. The summed E-state index contributed by atoms with van der Waals surface area (Å²) in [6, 6.07) is 6.85. The molecule has 0 fully saturated rings. The predicted molar refractivity (Wildman–Crippen MR) is 68.0 cm³/mol. The van der Waals surface area contributed by atoms with E-state index >= 15 is 0 Å². The lowest BCUT2D eigenvalue weighted by atomic mass is 10.0. The third-order valence-electron chi connectivity index (χ3n) is 3.02. The Kier molecular flexibility index (Phi) is 2.82. The van der Waals surface area contributed by atoms with Crippen LogP contribution in [0.25, 0.3) is 10.9 Å². The maximum Gasteiger partial charge on any atom is 0.195 e. The van der Waals surface area contributed by atoms with Gasteiger partial charge in [0.2, 0.25) is 0 Å². The maximum atomic E-state index is 13.8. The van der Waals surface area contributed by atoms with Crippen molar-refractivity contribution < 1.29 is 18.0 Å². The average Bonchev–Trinajstić information content (AvgIpc) is 2.82. The number of rotatable bonds is 2. The highest BCUT2D eigenvalue weighted by molar-refractivity contribution is 6.16. The Labute approximate surface area is 111 Å². The highest BCUT2D eigenvalue weighted by Gasteiger charge is 2.18. The molecule has 0 aliphatic rings. The van der Waals surface area contributed by atoms with Crippen LogP contribution in [0.5, 0.6) is 0 Å². The van der Waals surface area contributed by atoms with Gasteiger partial charge in [0.1, 0.15) is 17.5 Å². The molecule has 0 amide bonds. The molecule has 0 aliphatic carbocycles. The summed E-state index contributed by atoms with van der Waals surface area (Å²) in [5.74, 6) is -2.91. The fraction of sp³-hybridized carbons (Fsp3) is 0. The van der Waals surface area contributed by atoms with Crippen LogP contribution in [-0.2, 0) is 0 Å². The monoisotopic (exact) mass is 275 g/mol. The first-order chi connectivity index (χ1) is 9.56. The first kappa shape index (κ1) is 12.5. The molecule has 0 unspecified atom stereocenters. The Hall–Kier alpha value is -2.56. The van der Waals surface area contributed by atoms with Crippen LogP contribution >= 0.6 is 0 Å².